The first kappa shape index (κ1) is 21.0. The monoisotopic (exact) mass is 436 g/mol. The van der Waals surface area contributed by atoms with Crippen LogP contribution >= 0.6 is 11.6 Å². The first-order valence-corrected chi connectivity index (χ1v) is 10.6. The third-order valence-corrected chi connectivity index (χ3v) is 5.75. The first-order valence-electron chi connectivity index (χ1n) is 8.70. The second-order valence-electron chi connectivity index (χ2n) is 6.15. The smallest absolute Gasteiger partial charge is 0.240 e. The van der Waals surface area contributed by atoms with Crippen LogP contribution in [0, 0.1) is 5.82 Å². The average molecular weight is 437 g/mol. The summed E-state index contributed by atoms with van der Waals surface area (Å²) in [6.45, 7) is 0.0941. The van der Waals surface area contributed by atoms with Crippen LogP contribution in [0.15, 0.2) is 70.0 Å². The summed E-state index contributed by atoms with van der Waals surface area (Å²) in [6, 6.07) is 15.2. The molecule has 0 spiro atoms. The highest BCUT2D eigenvalue weighted by Gasteiger charge is 2.14. The van der Waals surface area contributed by atoms with Crippen LogP contribution in [0.25, 0.3) is 11.3 Å². The topological polar surface area (TPSA) is 88.4 Å². The van der Waals surface area contributed by atoms with Gasteiger partial charge in [-0.2, -0.15) is 0 Å². The normalized spacial score (nSPS) is 11.4. The molecule has 6 nitrogen and oxygen atoms in total. The molecule has 2 aromatic carbocycles. The fraction of sp³-hybridized carbons (Fsp3) is 0.150. The highest BCUT2D eigenvalue weighted by Crippen LogP contribution is 2.23. The number of carbonyl (C=O) groups excluding carboxylic acids is 1. The molecule has 1 aromatic heterocycles. The van der Waals surface area contributed by atoms with Crippen molar-refractivity contribution in [1.29, 1.82) is 0 Å². The van der Waals surface area contributed by atoms with E-state index in [9.17, 15) is 17.6 Å². The van der Waals surface area contributed by atoms with Crippen LogP contribution in [0.4, 0.5) is 4.39 Å². The fourth-order valence-electron chi connectivity index (χ4n) is 2.51. The molecule has 0 aliphatic rings. The molecule has 0 unspecified atom stereocenters. The van der Waals surface area contributed by atoms with Gasteiger partial charge in [0.2, 0.25) is 15.9 Å². The molecule has 1 heterocycles. The number of carbonyl (C=O) groups is 1. The number of halogens is 2. The molecule has 0 saturated heterocycles. The third-order valence-electron chi connectivity index (χ3n) is 4.02. The molecule has 0 radical (unpaired) electrons. The van der Waals surface area contributed by atoms with E-state index in [0.717, 1.165) is 29.8 Å². The van der Waals surface area contributed by atoms with Crippen molar-refractivity contribution in [3.05, 3.63) is 77.3 Å². The summed E-state index contributed by atoms with van der Waals surface area (Å²) in [4.78, 5) is 11.9. The maximum Gasteiger partial charge on any atom is 0.240 e. The molecular formula is C20H18ClFN2O4S. The lowest BCUT2D eigenvalue weighted by molar-refractivity contribution is -0.121. The minimum Gasteiger partial charge on any atom is -0.459 e. The van der Waals surface area contributed by atoms with Crippen LogP contribution in [-0.2, 0) is 21.4 Å². The molecule has 3 rings (SSSR count). The third kappa shape index (κ3) is 5.90. The van der Waals surface area contributed by atoms with E-state index in [2.05, 4.69) is 10.0 Å². The summed E-state index contributed by atoms with van der Waals surface area (Å²) in [6.07, 6.45) is -0.0504. The Morgan fingerprint density at radius 3 is 2.38 bits per heavy atom. The lowest BCUT2D eigenvalue weighted by Crippen LogP contribution is -2.30. The Hall–Kier alpha value is -2.68. The largest absolute Gasteiger partial charge is 0.459 e. The van der Waals surface area contributed by atoms with Gasteiger partial charge in [0.25, 0.3) is 0 Å². The molecule has 0 bridgehead atoms. The second-order valence-corrected chi connectivity index (χ2v) is 8.35. The van der Waals surface area contributed by atoms with Crippen LogP contribution in [0.5, 0.6) is 0 Å². The van der Waals surface area contributed by atoms with Gasteiger partial charge in [-0.3, -0.25) is 4.79 Å². The van der Waals surface area contributed by atoms with Gasteiger partial charge in [-0.05, 0) is 60.7 Å². The van der Waals surface area contributed by atoms with Crippen molar-refractivity contribution in [3.8, 4) is 11.3 Å². The SMILES string of the molecule is O=C(CCNS(=O)(=O)c1ccc(F)cc1)NCc1ccc(-c2ccc(Cl)cc2)o1. The van der Waals surface area contributed by atoms with Crippen LogP contribution < -0.4 is 10.0 Å². The van der Waals surface area contributed by atoms with Crippen LogP contribution in [0.1, 0.15) is 12.2 Å². The average Bonchev–Trinajstić information content (AvgIpc) is 3.16. The van der Waals surface area contributed by atoms with Crippen LogP contribution in [0.3, 0.4) is 0 Å². The van der Waals surface area contributed by atoms with E-state index in [1.807, 2.05) is 12.1 Å². The van der Waals surface area contributed by atoms with E-state index in [0.29, 0.717) is 16.5 Å². The second kappa shape index (κ2) is 9.21. The maximum absolute atomic E-state index is 12.9. The Kier molecular flexibility index (Phi) is 6.68. The van der Waals surface area contributed by atoms with Crippen molar-refractivity contribution < 1.29 is 22.0 Å². The fourth-order valence-corrected chi connectivity index (χ4v) is 3.67. The zero-order chi connectivity index (χ0) is 20.9. The van der Waals surface area contributed by atoms with E-state index < -0.39 is 15.8 Å². The van der Waals surface area contributed by atoms with Crippen molar-refractivity contribution in [2.75, 3.05) is 6.54 Å². The summed E-state index contributed by atoms with van der Waals surface area (Å²) in [5.41, 5.74) is 0.863. The van der Waals surface area contributed by atoms with Crippen molar-refractivity contribution in [2.45, 2.75) is 17.9 Å². The van der Waals surface area contributed by atoms with Gasteiger partial charge in [0, 0.05) is 23.6 Å². The lowest BCUT2D eigenvalue weighted by Gasteiger charge is -2.07. The molecule has 3 aromatic rings. The summed E-state index contributed by atoms with van der Waals surface area (Å²) in [7, 11) is -3.79. The van der Waals surface area contributed by atoms with E-state index in [1.165, 1.54) is 0 Å². The van der Waals surface area contributed by atoms with Gasteiger partial charge in [0.05, 0.1) is 11.4 Å². The van der Waals surface area contributed by atoms with Gasteiger partial charge in [-0.15, -0.1) is 0 Å². The van der Waals surface area contributed by atoms with Gasteiger partial charge in [-0.25, -0.2) is 17.5 Å². The van der Waals surface area contributed by atoms with E-state index in [1.54, 1.807) is 24.3 Å². The quantitative estimate of drug-likeness (QED) is 0.563. The summed E-state index contributed by atoms with van der Waals surface area (Å²) in [5.74, 6) is 0.352. The van der Waals surface area contributed by atoms with Crippen molar-refractivity contribution in [3.63, 3.8) is 0 Å². The molecule has 0 aliphatic heterocycles. The molecule has 2 N–H and O–H groups in total. The predicted molar refractivity (Wildman–Crippen MR) is 107 cm³/mol. The number of furan rings is 1. The first-order chi connectivity index (χ1) is 13.8. The molecule has 0 atom stereocenters. The van der Waals surface area contributed by atoms with Crippen LogP contribution in [-0.4, -0.2) is 20.9 Å². The van der Waals surface area contributed by atoms with Crippen molar-refractivity contribution in [1.82, 2.24) is 10.0 Å². The number of hydrogen-bond acceptors (Lipinski definition) is 4. The van der Waals surface area contributed by atoms with Crippen molar-refractivity contribution >= 4 is 27.5 Å². The van der Waals surface area contributed by atoms with Crippen molar-refractivity contribution in [2.24, 2.45) is 0 Å². The van der Waals surface area contributed by atoms with Gasteiger partial charge >= 0.3 is 0 Å². The minimum atomic E-state index is -3.79. The van der Waals surface area contributed by atoms with Crippen LogP contribution in [0.2, 0.25) is 5.02 Å². The number of benzene rings is 2. The van der Waals surface area contributed by atoms with E-state index in [-0.39, 0.29) is 30.3 Å². The predicted octanol–water partition coefficient (Wildman–Crippen LogP) is 3.72. The summed E-state index contributed by atoms with van der Waals surface area (Å²) in [5, 5.41) is 3.30. The highest BCUT2D eigenvalue weighted by atomic mass is 35.5. The molecular weight excluding hydrogens is 419 g/mol. The molecule has 0 aliphatic carbocycles. The van der Waals surface area contributed by atoms with E-state index >= 15 is 0 Å². The Balaban J connectivity index is 1.45. The molecule has 0 saturated carbocycles. The number of hydrogen-bond donors (Lipinski definition) is 2. The van der Waals surface area contributed by atoms with Gasteiger partial charge in [-0.1, -0.05) is 11.6 Å². The Bertz CT molecular complexity index is 1080. The molecule has 29 heavy (non-hydrogen) atoms. The highest BCUT2D eigenvalue weighted by molar-refractivity contribution is 7.89. The molecule has 9 heteroatoms. The Morgan fingerprint density at radius 2 is 1.69 bits per heavy atom. The van der Waals surface area contributed by atoms with Gasteiger partial charge in [0.15, 0.2) is 0 Å². The number of rotatable bonds is 8. The van der Waals surface area contributed by atoms with Gasteiger partial charge in [0.1, 0.15) is 17.3 Å². The van der Waals surface area contributed by atoms with Gasteiger partial charge < -0.3 is 9.73 Å². The number of amides is 1. The standard InChI is InChI=1S/C20H18ClFN2O4S/c21-15-3-1-14(2-4-15)19-10-7-17(28-19)13-23-20(25)11-12-24-29(26,27)18-8-5-16(22)6-9-18/h1-10,24H,11-13H2,(H,23,25). The van der Waals surface area contributed by atoms with E-state index in [4.69, 9.17) is 16.0 Å². The Morgan fingerprint density at radius 1 is 1.00 bits per heavy atom. The number of sulfonamides is 1. The number of nitrogens with one attached hydrogen (secondary N) is 2. The molecule has 0 fully saturated rings. The minimum absolute atomic E-state index is 0.0504. The lowest BCUT2D eigenvalue weighted by atomic mass is 10.2. The molecule has 152 valence electrons. The summed E-state index contributed by atoms with van der Waals surface area (Å²) < 4.78 is 45.0. The maximum atomic E-state index is 12.9. The Labute approximate surface area is 172 Å². The zero-order valence-electron chi connectivity index (χ0n) is 15.2. The zero-order valence-corrected chi connectivity index (χ0v) is 16.8. The molecule has 1 amide bonds. The summed E-state index contributed by atoms with van der Waals surface area (Å²) >= 11 is 5.86.